The Bertz CT molecular complexity index is 855. The number of piperidine rings is 3. The van der Waals surface area contributed by atoms with Gasteiger partial charge in [-0.3, -0.25) is 14.5 Å². The van der Waals surface area contributed by atoms with Crippen molar-refractivity contribution in [1.82, 2.24) is 15.2 Å². The van der Waals surface area contributed by atoms with E-state index in [0.29, 0.717) is 16.8 Å². The second kappa shape index (κ2) is 7.40. The molecule has 3 fully saturated rings. The van der Waals surface area contributed by atoms with Crippen LogP contribution in [0, 0.1) is 5.92 Å². The van der Waals surface area contributed by atoms with E-state index >= 15 is 0 Å². The van der Waals surface area contributed by atoms with Crippen molar-refractivity contribution >= 4 is 28.8 Å². The van der Waals surface area contributed by atoms with Crippen molar-refractivity contribution in [2.75, 3.05) is 18.4 Å². The number of nitrogens with one attached hydrogen (secondary N) is 2. The van der Waals surface area contributed by atoms with Crippen LogP contribution in [0.3, 0.4) is 0 Å². The van der Waals surface area contributed by atoms with Crippen molar-refractivity contribution in [2.45, 2.75) is 38.8 Å². The highest BCUT2D eigenvalue weighted by atomic mass is 32.1. The maximum Gasteiger partial charge on any atom is 0.263 e. The number of nitrogens with zero attached hydrogens (tertiary/aromatic N) is 2. The predicted octanol–water partition coefficient (Wildman–Crippen LogP) is 2.98. The summed E-state index contributed by atoms with van der Waals surface area (Å²) in [7, 11) is 0. The maximum absolute atomic E-state index is 12.8. The van der Waals surface area contributed by atoms with Crippen LogP contribution in [0.15, 0.2) is 30.5 Å². The number of hydrogen-bond acceptors (Lipinski definition) is 5. The Balaban J connectivity index is 1.48. The average molecular weight is 385 g/mol. The highest BCUT2D eigenvalue weighted by Crippen LogP contribution is 2.33. The molecular formula is C20H24N4O2S. The van der Waals surface area contributed by atoms with Crippen molar-refractivity contribution in [3.05, 3.63) is 35.3 Å². The maximum atomic E-state index is 12.8. The number of aromatic nitrogens is 1. The van der Waals surface area contributed by atoms with Crippen LogP contribution >= 0.6 is 11.3 Å². The van der Waals surface area contributed by atoms with Gasteiger partial charge in [-0.05, 0) is 50.9 Å². The molecule has 2 amide bonds. The lowest BCUT2D eigenvalue weighted by atomic mass is 9.79. The molecular weight excluding hydrogens is 360 g/mol. The Labute approximate surface area is 163 Å². The molecule has 2 unspecified atom stereocenters. The predicted molar refractivity (Wildman–Crippen MR) is 107 cm³/mol. The van der Waals surface area contributed by atoms with Gasteiger partial charge in [-0.15, -0.1) is 11.3 Å². The van der Waals surface area contributed by atoms with E-state index in [2.05, 4.69) is 27.4 Å². The van der Waals surface area contributed by atoms with Gasteiger partial charge in [0.15, 0.2) is 0 Å². The lowest BCUT2D eigenvalue weighted by Gasteiger charge is -2.49. The van der Waals surface area contributed by atoms with Gasteiger partial charge in [0.1, 0.15) is 9.88 Å². The Morgan fingerprint density at radius 3 is 2.74 bits per heavy atom. The number of carbonyl (C=O) groups excluding carboxylic acids is 2. The minimum Gasteiger partial charge on any atom is -0.347 e. The van der Waals surface area contributed by atoms with Gasteiger partial charge in [-0.2, -0.15) is 0 Å². The number of hydrogen-bond donors (Lipinski definition) is 2. The van der Waals surface area contributed by atoms with Crippen molar-refractivity contribution in [2.24, 2.45) is 5.92 Å². The van der Waals surface area contributed by atoms with E-state index in [1.54, 1.807) is 6.20 Å². The number of amides is 2. The summed E-state index contributed by atoms with van der Waals surface area (Å²) in [4.78, 5) is 31.5. The van der Waals surface area contributed by atoms with Crippen LogP contribution in [0.4, 0.5) is 5.69 Å². The molecule has 142 valence electrons. The first-order chi connectivity index (χ1) is 13.0. The van der Waals surface area contributed by atoms with Crippen molar-refractivity contribution in [3.63, 3.8) is 0 Å². The van der Waals surface area contributed by atoms with Crippen molar-refractivity contribution in [1.29, 1.82) is 0 Å². The molecule has 1 aromatic heterocycles. The molecule has 3 aliphatic heterocycles. The Kier molecular flexibility index (Phi) is 4.97. The third-order valence-corrected chi connectivity index (χ3v) is 6.68. The monoisotopic (exact) mass is 384 g/mol. The van der Waals surface area contributed by atoms with E-state index in [-0.39, 0.29) is 17.9 Å². The zero-order valence-corrected chi connectivity index (χ0v) is 16.4. The third-order valence-electron chi connectivity index (χ3n) is 5.63. The molecule has 7 heteroatoms. The summed E-state index contributed by atoms with van der Waals surface area (Å²) >= 11 is 1.38. The molecule has 6 nitrogen and oxygen atoms in total. The summed E-state index contributed by atoms with van der Waals surface area (Å²) in [6.07, 6.45) is 3.98. The minimum absolute atomic E-state index is 0.0395. The number of anilines is 1. The van der Waals surface area contributed by atoms with Gasteiger partial charge in [-0.1, -0.05) is 12.1 Å². The number of benzene rings is 1. The van der Waals surface area contributed by atoms with Crippen LogP contribution in [0.2, 0.25) is 0 Å². The first-order valence-corrected chi connectivity index (χ1v) is 10.2. The molecule has 4 heterocycles. The lowest BCUT2D eigenvalue weighted by Crippen LogP contribution is -2.62. The number of thiazole rings is 1. The third kappa shape index (κ3) is 3.75. The first-order valence-electron chi connectivity index (χ1n) is 9.40. The molecule has 3 saturated heterocycles. The molecule has 2 atom stereocenters. The van der Waals surface area contributed by atoms with Crippen LogP contribution < -0.4 is 10.6 Å². The summed E-state index contributed by atoms with van der Waals surface area (Å²) < 4.78 is 0. The van der Waals surface area contributed by atoms with E-state index in [1.807, 2.05) is 24.3 Å². The molecule has 0 radical (unpaired) electrons. The van der Waals surface area contributed by atoms with Crippen LogP contribution in [0.5, 0.6) is 0 Å². The fourth-order valence-corrected chi connectivity index (χ4v) is 5.03. The van der Waals surface area contributed by atoms with E-state index in [9.17, 15) is 9.59 Å². The van der Waals surface area contributed by atoms with Crippen LogP contribution in [-0.4, -0.2) is 46.9 Å². The highest BCUT2D eigenvalue weighted by molar-refractivity contribution is 7.16. The van der Waals surface area contributed by atoms with Gasteiger partial charge in [0.25, 0.3) is 5.91 Å². The van der Waals surface area contributed by atoms with Crippen LogP contribution in [-0.2, 0) is 4.79 Å². The Morgan fingerprint density at radius 2 is 2.04 bits per heavy atom. The summed E-state index contributed by atoms with van der Waals surface area (Å²) in [5, 5.41) is 6.80. The van der Waals surface area contributed by atoms with Gasteiger partial charge >= 0.3 is 0 Å². The smallest absolute Gasteiger partial charge is 0.263 e. The normalized spacial score (nSPS) is 26.6. The van der Waals surface area contributed by atoms with Crippen LogP contribution in [0.25, 0.3) is 10.6 Å². The summed E-state index contributed by atoms with van der Waals surface area (Å²) in [5.41, 5.74) is 1.61. The average Bonchev–Trinajstić information content (AvgIpc) is 3.15. The van der Waals surface area contributed by atoms with Crippen LogP contribution in [0.1, 0.15) is 36.4 Å². The van der Waals surface area contributed by atoms with Gasteiger partial charge in [-0.25, -0.2) is 4.98 Å². The standard InChI is InChI=1S/C20H24N4O2S/c1-12-18(14-6-8-24(12)9-7-14)23-19(26)17-11-21-20(27-17)15-4-3-5-16(10-15)22-13(2)25/h3-5,10-12,14,18H,6-9H2,1-2H3,(H,22,25)(H,23,26). The van der Waals surface area contributed by atoms with Gasteiger partial charge in [0, 0.05) is 30.3 Å². The Morgan fingerprint density at radius 1 is 1.26 bits per heavy atom. The minimum atomic E-state index is -0.113. The van der Waals surface area contributed by atoms with E-state index < -0.39 is 0 Å². The van der Waals surface area contributed by atoms with Crippen molar-refractivity contribution in [3.8, 4) is 10.6 Å². The molecule has 0 aliphatic carbocycles. The van der Waals surface area contributed by atoms with E-state index in [0.717, 1.165) is 29.3 Å². The summed E-state index contributed by atoms with van der Waals surface area (Å²) in [6.45, 7) is 5.98. The molecule has 2 aromatic rings. The van der Waals surface area contributed by atoms with Crippen molar-refractivity contribution < 1.29 is 9.59 Å². The van der Waals surface area contributed by atoms with Gasteiger partial charge in [0.05, 0.1) is 6.20 Å². The largest absolute Gasteiger partial charge is 0.347 e. The number of fused-ring (bicyclic) bond motifs is 3. The summed E-state index contributed by atoms with van der Waals surface area (Å²) in [5.74, 6) is 0.427. The lowest BCUT2D eigenvalue weighted by molar-refractivity contribution is -0.114. The zero-order chi connectivity index (χ0) is 19.0. The zero-order valence-electron chi connectivity index (χ0n) is 15.6. The summed E-state index contributed by atoms with van der Waals surface area (Å²) in [6, 6.07) is 8.12. The molecule has 27 heavy (non-hydrogen) atoms. The highest BCUT2D eigenvalue weighted by Gasteiger charge is 2.40. The molecule has 3 aliphatic rings. The fraction of sp³-hybridized carbons (Fsp3) is 0.450. The molecule has 2 bridgehead atoms. The fourth-order valence-electron chi connectivity index (χ4n) is 4.21. The Hall–Kier alpha value is -2.25. The molecule has 0 spiro atoms. The topological polar surface area (TPSA) is 74.3 Å². The SMILES string of the molecule is CC(=O)Nc1cccc(-c2ncc(C(=O)NC3C4CCN(CC4)C3C)s2)c1. The van der Waals surface area contributed by atoms with E-state index in [1.165, 1.54) is 31.1 Å². The number of rotatable bonds is 4. The number of carbonyl (C=O) groups is 2. The molecule has 1 aromatic carbocycles. The second-order valence-corrected chi connectivity index (χ2v) is 8.44. The molecule has 0 saturated carbocycles. The second-order valence-electron chi connectivity index (χ2n) is 7.40. The van der Waals surface area contributed by atoms with Gasteiger partial charge in [0.2, 0.25) is 5.91 Å². The first kappa shape index (κ1) is 18.1. The quantitative estimate of drug-likeness (QED) is 0.850. The van der Waals surface area contributed by atoms with Gasteiger partial charge < -0.3 is 10.6 Å². The molecule has 2 N–H and O–H groups in total. The van der Waals surface area contributed by atoms with E-state index in [4.69, 9.17) is 0 Å². The molecule has 5 rings (SSSR count).